The van der Waals surface area contributed by atoms with Crippen LogP contribution in [-0.2, 0) is 5.41 Å². The van der Waals surface area contributed by atoms with Crippen molar-refractivity contribution in [2.75, 3.05) is 0 Å². The minimum Gasteiger partial charge on any atom is -0.0656 e. The summed E-state index contributed by atoms with van der Waals surface area (Å²) in [6.07, 6.45) is 7.14. The van der Waals surface area contributed by atoms with Crippen LogP contribution in [0.5, 0.6) is 0 Å². The van der Waals surface area contributed by atoms with E-state index < -0.39 is 8.07 Å². The lowest BCUT2D eigenvalue weighted by Crippen LogP contribution is -2.55. The minimum absolute atomic E-state index is 0.185. The summed E-state index contributed by atoms with van der Waals surface area (Å²) in [4.78, 5) is 0. The Kier molecular flexibility index (Phi) is 7.96. The average Bonchev–Trinajstić information content (AvgIpc) is 3.59. The zero-order valence-corrected chi connectivity index (χ0v) is 37.1. The quantitative estimate of drug-likeness (QED) is 0.120. The van der Waals surface area contributed by atoms with Crippen molar-refractivity contribution in [3.8, 4) is 55.6 Å². The van der Waals surface area contributed by atoms with E-state index in [0.717, 1.165) is 23.7 Å². The van der Waals surface area contributed by atoms with E-state index in [0.29, 0.717) is 0 Å². The summed E-state index contributed by atoms with van der Waals surface area (Å²) in [6.45, 7) is 7.25. The Labute approximate surface area is 367 Å². The highest BCUT2D eigenvalue weighted by Crippen LogP contribution is 2.69. The van der Waals surface area contributed by atoms with E-state index in [1.807, 2.05) is 0 Å². The van der Waals surface area contributed by atoms with Gasteiger partial charge in [0.15, 0.2) is 0 Å². The van der Waals surface area contributed by atoms with Crippen molar-refractivity contribution in [3.05, 3.63) is 187 Å². The van der Waals surface area contributed by atoms with Crippen LogP contribution in [0.2, 0.25) is 19.6 Å². The molecule has 1 spiro atoms. The fraction of sp³-hybridized carbons (Fsp3) is 0.213. The molecule has 0 aliphatic heterocycles. The first-order valence-electron chi connectivity index (χ1n) is 23.2. The van der Waals surface area contributed by atoms with Gasteiger partial charge in [-0.25, -0.2) is 0 Å². The Morgan fingerprint density at radius 1 is 0.371 bits per heavy atom. The molecule has 0 N–H and O–H groups in total. The molecule has 300 valence electrons. The molecule has 5 aliphatic rings. The Balaban J connectivity index is 0.901. The first kappa shape index (κ1) is 36.6. The summed E-state index contributed by atoms with van der Waals surface area (Å²) < 4.78 is 0. The molecule has 0 amide bonds. The summed E-state index contributed by atoms with van der Waals surface area (Å²) in [5, 5.41) is 9.23. The third-order valence-corrected chi connectivity index (χ3v) is 18.2. The van der Waals surface area contributed by atoms with E-state index in [-0.39, 0.29) is 5.41 Å². The average molecular weight is 813 g/mol. The molecule has 14 rings (SSSR count). The SMILES string of the molecule is C[Si](C)(C)c1ccc(-c2cccc(-c3c4ccccc4c(-c4ccc5cc(-c6ccc7c(c6)C6(c8ccccc8-7)C7CC8CC(C7)CC6C8)ccc5c4)c4ccccc34)c2)cc1. The van der Waals surface area contributed by atoms with Crippen LogP contribution in [0.15, 0.2) is 176 Å². The Hall–Kier alpha value is -6.02. The highest BCUT2D eigenvalue weighted by molar-refractivity contribution is 6.88. The second-order valence-electron chi connectivity index (χ2n) is 20.5. The van der Waals surface area contributed by atoms with Crippen molar-refractivity contribution in [1.82, 2.24) is 0 Å². The lowest BCUT2D eigenvalue weighted by atomic mass is 9.43. The largest absolute Gasteiger partial charge is 0.0775 e. The van der Waals surface area contributed by atoms with Crippen molar-refractivity contribution in [3.63, 3.8) is 0 Å². The molecule has 0 radical (unpaired) electrons. The predicted molar refractivity (Wildman–Crippen MR) is 267 cm³/mol. The molecule has 0 heterocycles. The van der Waals surface area contributed by atoms with Gasteiger partial charge < -0.3 is 0 Å². The van der Waals surface area contributed by atoms with Crippen LogP contribution < -0.4 is 5.19 Å². The molecule has 9 aromatic rings. The zero-order valence-electron chi connectivity index (χ0n) is 36.1. The highest BCUT2D eigenvalue weighted by atomic mass is 28.3. The number of rotatable bonds is 5. The van der Waals surface area contributed by atoms with E-state index in [1.165, 1.54) is 125 Å². The Morgan fingerprint density at radius 3 is 1.47 bits per heavy atom. The zero-order chi connectivity index (χ0) is 41.3. The van der Waals surface area contributed by atoms with Gasteiger partial charge in [0.2, 0.25) is 0 Å². The van der Waals surface area contributed by atoms with Crippen LogP contribution in [0.4, 0.5) is 0 Å². The lowest BCUT2D eigenvalue weighted by Gasteiger charge is -2.61. The summed E-state index contributed by atoms with van der Waals surface area (Å²) in [5.74, 6) is 3.44. The second-order valence-corrected chi connectivity index (χ2v) is 25.6. The number of benzene rings is 9. The standard InChI is InChI=1S/C61H52Si/c1-62(2,3)50-26-23-40(24-27-50)41-11-10-12-46(35-41)59-53-14-4-6-16-55(53)60(56-17-7-5-15-54(56)59)47-22-21-42-34-43(19-20-44(42)36-47)45-25-28-52-51-13-8-9-18-57(51)61(58(52)37-45)48-30-38-29-39(32-48)33-49(61)31-38/h4-28,34-39,48-49H,29-33H2,1-3H3. The molecule has 0 nitrogen and oxygen atoms in total. The van der Waals surface area contributed by atoms with Crippen molar-refractivity contribution in [1.29, 1.82) is 0 Å². The van der Waals surface area contributed by atoms with Crippen LogP contribution in [-0.4, -0.2) is 8.07 Å². The fourth-order valence-corrected chi connectivity index (χ4v) is 14.8. The van der Waals surface area contributed by atoms with Gasteiger partial charge in [0, 0.05) is 5.41 Å². The molecule has 4 bridgehead atoms. The van der Waals surface area contributed by atoms with Crippen LogP contribution in [0.3, 0.4) is 0 Å². The van der Waals surface area contributed by atoms with Gasteiger partial charge in [0.05, 0.1) is 8.07 Å². The third-order valence-electron chi connectivity index (χ3n) is 16.2. The minimum atomic E-state index is -1.37. The molecule has 5 aliphatic carbocycles. The molecule has 62 heavy (non-hydrogen) atoms. The highest BCUT2D eigenvalue weighted by Gasteiger charge is 2.61. The molecule has 4 saturated carbocycles. The second kappa shape index (κ2) is 13.5. The van der Waals surface area contributed by atoms with E-state index in [2.05, 4.69) is 196 Å². The molecule has 0 saturated heterocycles. The maximum absolute atomic E-state index is 2.63. The number of hydrogen-bond donors (Lipinski definition) is 0. The summed E-state index contributed by atoms with van der Waals surface area (Å²) in [7, 11) is -1.37. The number of hydrogen-bond acceptors (Lipinski definition) is 0. The molecule has 0 atom stereocenters. The van der Waals surface area contributed by atoms with Crippen molar-refractivity contribution >= 4 is 45.6 Å². The predicted octanol–water partition coefficient (Wildman–Crippen LogP) is 16.1. The Morgan fingerprint density at radius 2 is 0.839 bits per heavy atom. The summed E-state index contributed by atoms with van der Waals surface area (Å²) in [5.41, 5.74) is 16.8. The van der Waals surface area contributed by atoms with Gasteiger partial charge in [-0.2, -0.15) is 0 Å². The maximum atomic E-state index is 2.63. The molecule has 1 heteroatoms. The smallest absolute Gasteiger partial charge is 0.0656 e. The molecule has 4 fully saturated rings. The topological polar surface area (TPSA) is 0 Å². The van der Waals surface area contributed by atoms with E-state index in [4.69, 9.17) is 0 Å². The van der Waals surface area contributed by atoms with E-state index in [9.17, 15) is 0 Å². The number of fused-ring (bicyclic) bond motifs is 6. The van der Waals surface area contributed by atoms with Gasteiger partial charge >= 0.3 is 0 Å². The first-order chi connectivity index (χ1) is 30.3. The van der Waals surface area contributed by atoms with Crippen LogP contribution in [0.1, 0.15) is 43.2 Å². The van der Waals surface area contributed by atoms with Gasteiger partial charge in [0.1, 0.15) is 0 Å². The normalized spacial score (nSPS) is 22.2. The molecular formula is C61H52Si. The van der Waals surface area contributed by atoms with E-state index in [1.54, 1.807) is 11.1 Å². The van der Waals surface area contributed by atoms with Crippen LogP contribution >= 0.6 is 0 Å². The molecule has 0 unspecified atom stereocenters. The van der Waals surface area contributed by atoms with Crippen LogP contribution in [0.25, 0.3) is 88.0 Å². The summed E-state index contributed by atoms with van der Waals surface area (Å²) >= 11 is 0. The maximum Gasteiger partial charge on any atom is 0.0775 e. The monoisotopic (exact) mass is 812 g/mol. The van der Waals surface area contributed by atoms with Gasteiger partial charge in [-0.1, -0.05) is 176 Å². The van der Waals surface area contributed by atoms with Crippen molar-refractivity contribution in [2.45, 2.75) is 57.2 Å². The molecular weight excluding hydrogens is 761 g/mol. The third kappa shape index (κ3) is 5.37. The van der Waals surface area contributed by atoms with E-state index >= 15 is 0 Å². The van der Waals surface area contributed by atoms with Crippen molar-refractivity contribution < 1.29 is 0 Å². The summed E-state index contributed by atoms with van der Waals surface area (Å²) in [6, 6.07) is 68.0. The van der Waals surface area contributed by atoms with Crippen LogP contribution in [0, 0.1) is 23.7 Å². The fourth-order valence-electron chi connectivity index (χ4n) is 13.7. The van der Waals surface area contributed by atoms with Gasteiger partial charge in [-0.05, 0) is 179 Å². The molecule has 0 aromatic heterocycles. The van der Waals surface area contributed by atoms with Crippen molar-refractivity contribution in [2.24, 2.45) is 23.7 Å². The Bertz CT molecular complexity index is 3200. The lowest BCUT2D eigenvalue weighted by molar-refractivity contribution is -0.0399. The van der Waals surface area contributed by atoms with Gasteiger partial charge in [-0.15, -0.1) is 0 Å². The molecule has 9 aromatic carbocycles. The van der Waals surface area contributed by atoms with Gasteiger partial charge in [-0.3, -0.25) is 0 Å². The van der Waals surface area contributed by atoms with Gasteiger partial charge in [0.25, 0.3) is 0 Å². The first-order valence-corrected chi connectivity index (χ1v) is 26.7.